The molecule has 1 saturated heterocycles. The summed E-state index contributed by atoms with van der Waals surface area (Å²) in [6.45, 7) is 7.14. The molecule has 0 aromatic rings. The number of fused-ring (bicyclic) bond motifs is 1. The molecule has 1 N–H and O–H groups in total. The summed E-state index contributed by atoms with van der Waals surface area (Å²) >= 11 is 0. The van der Waals surface area contributed by atoms with Crippen LogP contribution in [0.5, 0.6) is 0 Å². The van der Waals surface area contributed by atoms with Crippen molar-refractivity contribution in [2.45, 2.75) is 13.8 Å². The fraction of sp³-hybridized carbons (Fsp3) is 0.875. The lowest BCUT2D eigenvalue weighted by Crippen LogP contribution is -2.16. The standard InChI is InChI=1S/C7H14NP.CH2O2/c1-7(2)5-3-8(9)4-6(5)7;2-1-3/h5-6H,3-4,9H2,1-2H3;1H,(H,2,3). The van der Waals surface area contributed by atoms with E-state index in [2.05, 4.69) is 27.9 Å². The molecule has 1 aliphatic carbocycles. The average Bonchev–Trinajstić information content (AvgIpc) is 2.40. The van der Waals surface area contributed by atoms with Crippen molar-refractivity contribution in [1.82, 2.24) is 4.67 Å². The molecule has 0 spiro atoms. The van der Waals surface area contributed by atoms with Crippen LogP contribution >= 0.6 is 9.39 Å². The number of rotatable bonds is 0. The van der Waals surface area contributed by atoms with Crippen molar-refractivity contribution < 1.29 is 9.90 Å². The molecule has 1 saturated carbocycles. The first-order chi connectivity index (χ1) is 5.54. The third kappa shape index (κ3) is 1.62. The van der Waals surface area contributed by atoms with Gasteiger partial charge in [-0.05, 0) is 17.3 Å². The van der Waals surface area contributed by atoms with Gasteiger partial charge < -0.3 is 5.11 Å². The summed E-state index contributed by atoms with van der Waals surface area (Å²) < 4.78 is 2.36. The Kier molecular flexibility index (Phi) is 2.74. The summed E-state index contributed by atoms with van der Waals surface area (Å²) in [5.41, 5.74) is 0.688. The van der Waals surface area contributed by atoms with Crippen LogP contribution in [0.15, 0.2) is 0 Å². The van der Waals surface area contributed by atoms with Crippen LogP contribution in [0, 0.1) is 17.3 Å². The summed E-state index contributed by atoms with van der Waals surface area (Å²) in [5, 5.41) is 6.89. The summed E-state index contributed by atoms with van der Waals surface area (Å²) in [5.74, 6) is 2.02. The highest BCUT2D eigenvalue weighted by Crippen LogP contribution is 2.62. The minimum absolute atomic E-state index is 0.250. The fourth-order valence-electron chi connectivity index (χ4n) is 2.16. The lowest BCUT2D eigenvalue weighted by molar-refractivity contribution is -0.122. The van der Waals surface area contributed by atoms with Crippen molar-refractivity contribution >= 4 is 15.9 Å². The molecular formula is C8H16NO2P. The molecule has 1 aliphatic heterocycles. The van der Waals surface area contributed by atoms with Crippen molar-refractivity contribution in [2.24, 2.45) is 17.3 Å². The van der Waals surface area contributed by atoms with Crippen LogP contribution in [-0.2, 0) is 4.79 Å². The quantitative estimate of drug-likeness (QED) is 0.457. The van der Waals surface area contributed by atoms with E-state index in [0.717, 1.165) is 11.8 Å². The number of carbonyl (C=O) groups is 1. The Morgan fingerprint density at radius 2 is 1.83 bits per heavy atom. The van der Waals surface area contributed by atoms with Gasteiger partial charge in [0, 0.05) is 13.1 Å². The van der Waals surface area contributed by atoms with E-state index in [1.165, 1.54) is 13.1 Å². The summed E-state index contributed by atoms with van der Waals surface area (Å²) in [6, 6.07) is 0. The third-order valence-corrected chi connectivity index (χ3v) is 3.57. The molecule has 0 radical (unpaired) electrons. The second-order valence-electron chi connectivity index (χ2n) is 4.09. The highest BCUT2D eigenvalue weighted by Gasteiger charge is 2.61. The Bertz CT molecular complexity index is 170. The third-order valence-electron chi connectivity index (χ3n) is 3.15. The van der Waals surface area contributed by atoms with Gasteiger partial charge in [-0.15, -0.1) is 0 Å². The maximum atomic E-state index is 8.36. The molecule has 4 heteroatoms. The molecule has 70 valence electrons. The number of piperidine rings is 1. The van der Waals surface area contributed by atoms with Gasteiger partial charge in [0.05, 0.1) is 0 Å². The average molecular weight is 189 g/mol. The molecule has 2 fully saturated rings. The normalized spacial score (nSPS) is 36.2. The summed E-state index contributed by atoms with van der Waals surface area (Å²) in [4.78, 5) is 8.36. The first-order valence-corrected chi connectivity index (χ1v) is 4.63. The fourth-order valence-corrected chi connectivity index (χ4v) is 2.62. The Morgan fingerprint density at radius 3 is 2.08 bits per heavy atom. The maximum absolute atomic E-state index is 8.36. The molecular weight excluding hydrogens is 173 g/mol. The van der Waals surface area contributed by atoms with Crippen molar-refractivity contribution in [3.05, 3.63) is 0 Å². The van der Waals surface area contributed by atoms with E-state index in [0.29, 0.717) is 5.41 Å². The zero-order chi connectivity index (χ0) is 9.35. The minimum atomic E-state index is -0.250. The van der Waals surface area contributed by atoms with Gasteiger partial charge >= 0.3 is 0 Å². The molecule has 0 aromatic carbocycles. The van der Waals surface area contributed by atoms with Crippen LogP contribution in [0.4, 0.5) is 0 Å². The Labute approximate surface area is 75.4 Å². The van der Waals surface area contributed by atoms with Crippen molar-refractivity contribution in [1.29, 1.82) is 0 Å². The molecule has 2 aliphatic rings. The van der Waals surface area contributed by atoms with Gasteiger partial charge in [0.15, 0.2) is 0 Å². The van der Waals surface area contributed by atoms with Crippen LogP contribution in [-0.4, -0.2) is 29.3 Å². The van der Waals surface area contributed by atoms with Crippen molar-refractivity contribution in [3.8, 4) is 0 Å². The topological polar surface area (TPSA) is 40.5 Å². The van der Waals surface area contributed by atoms with Gasteiger partial charge in [0.25, 0.3) is 6.47 Å². The van der Waals surface area contributed by atoms with Crippen LogP contribution in [0.1, 0.15) is 13.8 Å². The molecule has 0 amide bonds. The van der Waals surface area contributed by atoms with E-state index in [4.69, 9.17) is 9.90 Å². The monoisotopic (exact) mass is 189 g/mol. The van der Waals surface area contributed by atoms with Crippen molar-refractivity contribution in [3.63, 3.8) is 0 Å². The first kappa shape index (κ1) is 9.94. The summed E-state index contributed by atoms with van der Waals surface area (Å²) in [7, 11) is 2.79. The lowest BCUT2D eigenvalue weighted by atomic mass is 10.1. The van der Waals surface area contributed by atoms with Gasteiger partial charge in [0.1, 0.15) is 0 Å². The van der Waals surface area contributed by atoms with E-state index in [1.54, 1.807) is 0 Å². The number of carboxylic acid groups (broad SMARTS) is 1. The molecule has 1 heterocycles. The van der Waals surface area contributed by atoms with Gasteiger partial charge in [0.2, 0.25) is 0 Å². The highest BCUT2D eigenvalue weighted by atomic mass is 31.0. The number of hydrogen-bond donors (Lipinski definition) is 1. The second-order valence-corrected chi connectivity index (χ2v) is 4.82. The molecule has 3 unspecified atom stereocenters. The number of nitrogens with zero attached hydrogens (tertiary/aromatic N) is 1. The van der Waals surface area contributed by atoms with Gasteiger partial charge in [-0.2, -0.15) is 0 Å². The van der Waals surface area contributed by atoms with Gasteiger partial charge in [-0.3, -0.25) is 9.46 Å². The molecule has 12 heavy (non-hydrogen) atoms. The first-order valence-electron chi connectivity index (χ1n) is 4.11. The molecule has 3 nitrogen and oxygen atoms in total. The zero-order valence-corrected chi connectivity index (χ0v) is 8.68. The predicted molar refractivity (Wildman–Crippen MR) is 50.7 cm³/mol. The Balaban J connectivity index is 0.000000213. The van der Waals surface area contributed by atoms with E-state index in [9.17, 15) is 0 Å². The SMILES string of the molecule is CC1(C)C2CN(P)CC21.O=CO. The molecule has 0 bridgehead atoms. The minimum Gasteiger partial charge on any atom is -0.483 e. The van der Waals surface area contributed by atoms with E-state index in [-0.39, 0.29) is 6.47 Å². The molecule has 3 atom stereocenters. The largest absolute Gasteiger partial charge is 0.483 e. The molecule has 2 rings (SSSR count). The van der Waals surface area contributed by atoms with Crippen LogP contribution in [0.25, 0.3) is 0 Å². The van der Waals surface area contributed by atoms with Crippen LogP contribution < -0.4 is 0 Å². The van der Waals surface area contributed by atoms with Gasteiger partial charge in [-0.1, -0.05) is 23.2 Å². The van der Waals surface area contributed by atoms with Crippen LogP contribution in [0.3, 0.4) is 0 Å². The van der Waals surface area contributed by atoms with E-state index >= 15 is 0 Å². The summed E-state index contributed by atoms with van der Waals surface area (Å²) in [6.07, 6.45) is 0. The second kappa shape index (κ2) is 3.31. The Morgan fingerprint density at radius 1 is 1.50 bits per heavy atom. The maximum Gasteiger partial charge on any atom is 0.290 e. The molecule has 0 aromatic heterocycles. The zero-order valence-electron chi connectivity index (χ0n) is 7.53. The van der Waals surface area contributed by atoms with Crippen molar-refractivity contribution in [2.75, 3.05) is 13.1 Å². The lowest BCUT2D eigenvalue weighted by Gasteiger charge is -2.15. The smallest absolute Gasteiger partial charge is 0.290 e. The highest BCUT2D eigenvalue weighted by molar-refractivity contribution is 7.13. The van der Waals surface area contributed by atoms with Crippen LogP contribution in [0.2, 0.25) is 0 Å². The number of hydrogen-bond acceptors (Lipinski definition) is 2. The van der Waals surface area contributed by atoms with E-state index in [1.807, 2.05) is 0 Å². The Hall–Kier alpha value is -0.140. The van der Waals surface area contributed by atoms with E-state index < -0.39 is 0 Å². The van der Waals surface area contributed by atoms with Gasteiger partial charge in [-0.25, -0.2) is 0 Å². The predicted octanol–water partition coefficient (Wildman–Crippen LogP) is 1.07.